The first-order valence-electron chi connectivity index (χ1n) is 8.78. The van der Waals surface area contributed by atoms with Crippen LogP contribution in [-0.4, -0.2) is 45.8 Å². The molecule has 142 valence electrons. The van der Waals surface area contributed by atoms with E-state index >= 15 is 0 Å². The van der Waals surface area contributed by atoms with Crippen LogP contribution in [0.15, 0.2) is 18.3 Å². The number of rotatable bonds is 3. The molecule has 9 heteroatoms. The first-order valence-corrected chi connectivity index (χ1v) is 9.16. The molecule has 1 saturated heterocycles. The Kier molecular flexibility index (Phi) is 4.61. The van der Waals surface area contributed by atoms with E-state index in [1.54, 1.807) is 0 Å². The van der Waals surface area contributed by atoms with E-state index in [0.29, 0.717) is 40.5 Å². The number of halogens is 2. The lowest BCUT2D eigenvalue weighted by Crippen LogP contribution is -2.38. The highest BCUT2D eigenvalue weighted by atomic mass is 35.5. The molecule has 0 atom stereocenters. The number of hydrogen-bond donors (Lipinski definition) is 1. The average Bonchev–Trinajstić information content (AvgIpc) is 3.05. The number of aromatic nitrogens is 4. The molecule has 1 aromatic carbocycles. The minimum Gasteiger partial charge on any atom is -0.378 e. The molecule has 1 fully saturated rings. The number of imidazole rings is 1. The van der Waals surface area contributed by atoms with Crippen molar-refractivity contribution >= 4 is 34.5 Å². The lowest BCUT2D eigenvalue weighted by atomic mass is 10.1. The normalized spacial score (nSPS) is 15.1. The number of hydrogen-bond acceptors (Lipinski definition) is 6. The number of nitrogens with zero attached hydrogens (tertiary/aromatic N) is 5. The summed E-state index contributed by atoms with van der Waals surface area (Å²) in [5, 5.41) is 0.312. The van der Waals surface area contributed by atoms with Gasteiger partial charge >= 0.3 is 0 Å². The van der Waals surface area contributed by atoms with E-state index in [-0.39, 0.29) is 12.0 Å². The molecule has 0 unspecified atom stereocenters. The first-order chi connectivity index (χ1) is 13.0. The Balaban J connectivity index is 1.93. The van der Waals surface area contributed by atoms with Crippen LogP contribution in [0.25, 0.3) is 22.3 Å². The Morgan fingerprint density at radius 1 is 1.22 bits per heavy atom. The van der Waals surface area contributed by atoms with Crippen molar-refractivity contribution in [3.8, 4) is 11.3 Å². The zero-order chi connectivity index (χ0) is 19.1. The largest absolute Gasteiger partial charge is 0.378 e. The van der Waals surface area contributed by atoms with E-state index in [1.807, 2.05) is 24.5 Å². The molecule has 1 aliphatic heterocycles. The van der Waals surface area contributed by atoms with Gasteiger partial charge in [0.05, 0.1) is 35.6 Å². The SMILES string of the molecule is CC(C)n1c(N2CCOCC2)nc2c(F)cc(-c3nc(N)ncc3Cl)cc21. The summed E-state index contributed by atoms with van der Waals surface area (Å²) in [6, 6.07) is 3.33. The summed E-state index contributed by atoms with van der Waals surface area (Å²) >= 11 is 6.22. The second-order valence-corrected chi connectivity index (χ2v) is 7.13. The van der Waals surface area contributed by atoms with Crippen molar-refractivity contribution in [2.24, 2.45) is 0 Å². The number of benzene rings is 1. The third-order valence-corrected chi connectivity index (χ3v) is 4.85. The molecule has 2 N–H and O–H groups in total. The maximum absolute atomic E-state index is 15.0. The fraction of sp³-hybridized carbons (Fsp3) is 0.389. The summed E-state index contributed by atoms with van der Waals surface area (Å²) in [7, 11) is 0. The minimum absolute atomic E-state index is 0.0845. The molecule has 0 bridgehead atoms. The quantitative estimate of drug-likeness (QED) is 0.739. The van der Waals surface area contributed by atoms with Crippen LogP contribution in [-0.2, 0) is 4.74 Å². The van der Waals surface area contributed by atoms with Gasteiger partial charge in [-0.1, -0.05) is 11.6 Å². The van der Waals surface area contributed by atoms with Gasteiger partial charge in [-0.3, -0.25) is 0 Å². The number of morpholine rings is 1. The van der Waals surface area contributed by atoms with Gasteiger partial charge in [-0.05, 0) is 26.0 Å². The lowest BCUT2D eigenvalue weighted by molar-refractivity contribution is 0.121. The van der Waals surface area contributed by atoms with Gasteiger partial charge in [0, 0.05) is 24.7 Å². The van der Waals surface area contributed by atoms with Crippen molar-refractivity contribution in [2.45, 2.75) is 19.9 Å². The molecule has 3 heterocycles. The average molecular weight is 391 g/mol. The maximum atomic E-state index is 15.0. The second-order valence-electron chi connectivity index (χ2n) is 6.73. The number of nitrogen functional groups attached to an aromatic ring is 1. The molecule has 0 amide bonds. The number of fused-ring (bicyclic) bond motifs is 1. The van der Waals surface area contributed by atoms with E-state index in [2.05, 4.69) is 19.9 Å². The van der Waals surface area contributed by atoms with Gasteiger partial charge in [-0.15, -0.1) is 0 Å². The van der Waals surface area contributed by atoms with Crippen molar-refractivity contribution < 1.29 is 9.13 Å². The predicted molar refractivity (Wildman–Crippen MR) is 104 cm³/mol. The topological polar surface area (TPSA) is 82.1 Å². The van der Waals surface area contributed by atoms with Crippen LogP contribution in [0, 0.1) is 5.82 Å². The Hall–Kier alpha value is -2.45. The van der Waals surface area contributed by atoms with Gasteiger partial charge in [-0.25, -0.2) is 19.3 Å². The number of nitrogens with two attached hydrogens (primary N) is 1. The molecular weight excluding hydrogens is 371 g/mol. The lowest BCUT2D eigenvalue weighted by Gasteiger charge is -2.29. The predicted octanol–water partition coefficient (Wildman–Crippen LogP) is 3.29. The third-order valence-electron chi connectivity index (χ3n) is 4.58. The summed E-state index contributed by atoms with van der Waals surface area (Å²) < 4.78 is 22.4. The third kappa shape index (κ3) is 3.19. The smallest absolute Gasteiger partial charge is 0.220 e. The van der Waals surface area contributed by atoms with E-state index < -0.39 is 5.82 Å². The highest BCUT2D eigenvalue weighted by Gasteiger charge is 2.23. The Morgan fingerprint density at radius 3 is 2.67 bits per heavy atom. The van der Waals surface area contributed by atoms with Crippen molar-refractivity contribution in [1.82, 2.24) is 19.5 Å². The number of anilines is 2. The molecule has 3 aromatic rings. The zero-order valence-corrected chi connectivity index (χ0v) is 15.9. The fourth-order valence-corrected chi connectivity index (χ4v) is 3.56. The fourth-order valence-electron chi connectivity index (χ4n) is 3.36. The van der Waals surface area contributed by atoms with Crippen LogP contribution in [0.1, 0.15) is 19.9 Å². The standard InChI is InChI=1S/C18H20ClFN6O/c1-10(2)26-14-8-11(15-12(19)9-22-17(21)23-15)7-13(20)16(14)24-18(26)25-3-5-27-6-4-25/h7-10H,3-6H2,1-2H3,(H2,21,22,23). The Bertz CT molecular complexity index is 999. The van der Waals surface area contributed by atoms with Gasteiger partial charge in [0.15, 0.2) is 5.82 Å². The Morgan fingerprint density at radius 2 is 1.96 bits per heavy atom. The summed E-state index contributed by atoms with van der Waals surface area (Å²) in [4.78, 5) is 14.8. The van der Waals surface area contributed by atoms with Gasteiger partial charge in [0.2, 0.25) is 11.9 Å². The number of ether oxygens (including phenoxy) is 1. The molecule has 7 nitrogen and oxygen atoms in total. The van der Waals surface area contributed by atoms with E-state index in [1.165, 1.54) is 12.3 Å². The first kappa shape index (κ1) is 17.9. The van der Waals surface area contributed by atoms with Crippen LogP contribution in [0.4, 0.5) is 16.3 Å². The highest BCUT2D eigenvalue weighted by Crippen LogP contribution is 2.34. The molecule has 4 rings (SSSR count). The molecule has 0 saturated carbocycles. The summed E-state index contributed by atoms with van der Waals surface area (Å²) in [6.45, 7) is 6.80. The van der Waals surface area contributed by atoms with Gasteiger partial charge in [0.1, 0.15) is 5.52 Å². The van der Waals surface area contributed by atoms with Crippen molar-refractivity contribution in [3.63, 3.8) is 0 Å². The van der Waals surface area contributed by atoms with E-state index in [0.717, 1.165) is 19.0 Å². The second kappa shape index (κ2) is 6.94. The maximum Gasteiger partial charge on any atom is 0.220 e. The van der Waals surface area contributed by atoms with Crippen molar-refractivity contribution in [1.29, 1.82) is 0 Å². The molecule has 2 aromatic heterocycles. The van der Waals surface area contributed by atoms with Crippen molar-refractivity contribution in [2.75, 3.05) is 36.9 Å². The van der Waals surface area contributed by atoms with Crippen molar-refractivity contribution in [3.05, 3.63) is 29.2 Å². The van der Waals surface area contributed by atoms with Crippen LogP contribution in [0.5, 0.6) is 0 Å². The van der Waals surface area contributed by atoms with Crippen LogP contribution in [0.2, 0.25) is 5.02 Å². The molecule has 27 heavy (non-hydrogen) atoms. The molecule has 0 radical (unpaired) electrons. The van der Waals surface area contributed by atoms with Gasteiger partial charge in [-0.2, -0.15) is 0 Å². The van der Waals surface area contributed by atoms with Crippen LogP contribution in [0.3, 0.4) is 0 Å². The molecular formula is C18H20ClFN6O. The monoisotopic (exact) mass is 390 g/mol. The van der Waals surface area contributed by atoms with E-state index in [4.69, 9.17) is 22.1 Å². The van der Waals surface area contributed by atoms with Crippen LogP contribution < -0.4 is 10.6 Å². The summed E-state index contributed by atoms with van der Waals surface area (Å²) in [5.74, 6) is 0.401. The zero-order valence-electron chi connectivity index (χ0n) is 15.1. The molecule has 1 aliphatic rings. The van der Waals surface area contributed by atoms with Gasteiger partial charge < -0.3 is 19.9 Å². The van der Waals surface area contributed by atoms with Gasteiger partial charge in [0.25, 0.3) is 0 Å². The highest BCUT2D eigenvalue weighted by molar-refractivity contribution is 6.33. The Labute approximate surface area is 160 Å². The molecule has 0 aliphatic carbocycles. The summed E-state index contributed by atoms with van der Waals surface area (Å²) in [5.41, 5.74) is 7.63. The molecule has 0 spiro atoms. The van der Waals surface area contributed by atoms with Crippen LogP contribution >= 0.6 is 11.6 Å². The van der Waals surface area contributed by atoms with E-state index in [9.17, 15) is 4.39 Å². The summed E-state index contributed by atoms with van der Waals surface area (Å²) in [6.07, 6.45) is 1.42. The minimum atomic E-state index is -0.426.